The highest BCUT2D eigenvalue weighted by atomic mass is 16.6. The number of nitrogens with zero attached hydrogens (tertiary/aromatic N) is 1. The zero-order chi connectivity index (χ0) is 11.1. The predicted molar refractivity (Wildman–Crippen MR) is 57.5 cm³/mol. The van der Waals surface area contributed by atoms with E-state index in [1.165, 1.54) is 0 Å². The zero-order valence-corrected chi connectivity index (χ0v) is 8.56. The maximum absolute atomic E-state index is 10.0. The maximum atomic E-state index is 10.0. The van der Waals surface area contributed by atoms with Crippen LogP contribution >= 0.6 is 0 Å². The summed E-state index contributed by atoms with van der Waals surface area (Å²) in [5, 5.41) is 19.1. The Labute approximate surface area is 88.7 Å². The molecule has 0 saturated heterocycles. The molecule has 0 aromatic heterocycles. The quantitative estimate of drug-likeness (QED) is 0.444. The smallest absolute Gasteiger partial charge is 0.203 e. The van der Waals surface area contributed by atoms with Crippen LogP contribution in [-0.2, 0) is 6.42 Å². The van der Waals surface area contributed by atoms with Gasteiger partial charge in [-0.3, -0.25) is 10.1 Å². The third-order valence-electron chi connectivity index (χ3n) is 2.24. The summed E-state index contributed by atoms with van der Waals surface area (Å²) in [4.78, 5) is 9.77. The van der Waals surface area contributed by atoms with Crippen LogP contribution in [0.15, 0.2) is 24.3 Å². The fourth-order valence-corrected chi connectivity index (χ4v) is 1.41. The molecule has 0 aliphatic carbocycles. The lowest BCUT2D eigenvalue weighted by Gasteiger charge is -2.00. The average Bonchev–Trinajstić information content (AvgIpc) is 2.20. The second-order valence-corrected chi connectivity index (χ2v) is 3.53. The van der Waals surface area contributed by atoms with E-state index < -0.39 is 0 Å². The minimum Gasteiger partial charge on any atom is -0.508 e. The summed E-state index contributed by atoms with van der Waals surface area (Å²) in [6.07, 6.45) is 3.39. The summed E-state index contributed by atoms with van der Waals surface area (Å²) in [5.41, 5.74) is 1.16. The van der Waals surface area contributed by atoms with Crippen molar-refractivity contribution >= 4 is 0 Å². The van der Waals surface area contributed by atoms with Gasteiger partial charge < -0.3 is 5.11 Å². The maximum Gasteiger partial charge on any atom is 0.203 e. The van der Waals surface area contributed by atoms with Crippen LogP contribution in [0.4, 0.5) is 0 Å². The Hall–Kier alpha value is -1.58. The van der Waals surface area contributed by atoms with E-state index >= 15 is 0 Å². The molecule has 1 aromatic carbocycles. The number of phenolic OH excluding ortho intramolecular Hbond substituents is 1. The number of benzene rings is 1. The Morgan fingerprint density at radius 2 is 1.80 bits per heavy atom. The Bertz CT molecular complexity index is 308. The molecule has 4 heteroatoms. The molecular weight excluding hydrogens is 194 g/mol. The molecular formula is C11H15NO3. The van der Waals surface area contributed by atoms with Crippen LogP contribution in [0.25, 0.3) is 0 Å². The summed E-state index contributed by atoms with van der Waals surface area (Å²) < 4.78 is 0. The lowest BCUT2D eigenvalue weighted by molar-refractivity contribution is -0.480. The molecule has 0 fully saturated rings. The lowest BCUT2D eigenvalue weighted by atomic mass is 10.1. The first-order chi connectivity index (χ1) is 7.18. The van der Waals surface area contributed by atoms with Gasteiger partial charge in [0.05, 0.1) is 0 Å². The zero-order valence-electron chi connectivity index (χ0n) is 8.56. The predicted octanol–water partition coefficient (Wildman–Crippen LogP) is 2.38. The molecule has 0 aliphatic heterocycles. The lowest BCUT2D eigenvalue weighted by Crippen LogP contribution is -2.00. The third kappa shape index (κ3) is 5.00. The van der Waals surface area contributed by atoms with Gasteiger partial charge in [-0.1, -0.05) is 12.1 Å². The van der Waals surface area contributed by atoms with Gasteiger partial charge in [0.15, 0.2) is 0 Å². The molecule has 82 valence electrons. The van der Waals surface area contributed by atoms with Crippen molar-refractivity contribution in [1.29, 1.82) is 0 Å². The molecule has 0 saturated carbocycles. The fraction of sp³-hybridized carbons (Fsp3) is 0.455. The Morgan fingerprint density at radius 3 is 2.40 bits per heavy atom. The molecule has 0 heterocycles. The first-order valence-electron chi connectivity index (χ1n) is 5.08. The molecule has 0 spiro atoms. The third-order valence-corrected chi connectivity index (χ3v) is 2.24. The van der Waals surface area contributed by atoms with E-state index in [4.69, 9.17) is 5.11 Å². The topological polar surface area (TPSA) is 63.4 Å². The number of hydrogen-bond acceptors (Lipinski definition) is 3. The van der Waals surface area contributed by atoms with Crippen molar-refractivity contribution < 1.29 is 10.0 Å². The number of nitro groups is 1. The number of phenols is 1. The van der Waals surface area contributed by atoms with Gasteiger partial charge in [-0.2, -0.15) is 0 Å². The van der Waals surface area contributed by atoms with E-state index in [9.17, 15) is 10.1 Å². The van der Waals surface area contributed by atoms with E-state index in [1.54, 1.807) is 12.1 Å². The number of aromatic hydroxyl groups is 1. The van der Waals surface area contributed by atoms with Gasteiger partial charge in [0.2, 0.25) is 6.54 Å². The van der Waals surface area contributed by atoms with Crippen LogP contribution in [0, 0.1) is 10.1 Å². The van der Waals surface area contributed by atoms with Gasteiger partial charge in [0, 0.05) is 11.3 Å². The summed E-state index contributed by atoms with van der Waals surface area (Å²) >= 11 is 0. The number of hydrogen-bond donors (Lipinski definition) is 1. The van der Waals surface area contributed by atoms with Gasteiger partial charge in [0.1, 0.15) is 5.75 Å². The van der Waals surface area contributed by atoms with Crippen molar-refractivity contribution in [1.82, 2.24) is 0 Å². The van der Waals surface area contributed by atoms with Crippen molar-refractivity contribution in [2.45, 2.75) is 25.7 Å². The molecule has 0 bridgehead atoms. The van der Waals surface area contributed by atoms with Crippen molar-refractivity contribution in [3.05, 3.63) is 39.9 Å². The second kappa shape index (κ2) is 6.01. The van der Waals surface area contributed by atoms with Crippen LogP contribution in [0.3, 0.4) is 0 Å². The van der Waals surface area contributed by atoms with Gasteiger partial charge in [-0.15, -0.1) is 0 Å². The van der Waals surface area contributed by atoms with Crippen LogP contribution in [0.1, 0.15) is 24.8 Å². The van der Waals surface area contributed by atoms with Crippen molar-refractivity contribution in [2.24, 2.45) is 0 Å². The highest BCUT2D eigenvalue weighted by Gasteiger charge is 1.98. The summed E-state index contributed by atoms with van der Waals surface area (Å²) in [5.74, 6) is 0.270. The molecule has 15 heavy (non-hydrogen) atoms. The Kier molecular flexibility index (Phi) is 4.60. The van der Waals surface area contributed by atoms with Gasteiger partial charge in [0.25, 0.3) is 0 Å². The highest BCUT2D eigenvalue weighted by molar-refractivity contribution is 5.25. The molecule has 0 aliphatic rings. The Morgan fingerprint density at radius 1 is 1.13 bits per heavy atom. The molecule has 1 rings (SSSR count). The van der Waals surface area contributed by atoms with Crippen LogP contribution in [0.5, 0.6) is 5.75 Å². The minimum absolute atomic E-state index is 0.0651. The molecule has 0 amide bonds. The largest absolute Gasteiger partial charge is 0.508 e. The van der Waals surface area contributed by atoms with E-state index in [2.05, 4.69) is 0 Å². The van der Waals surface area contributed by atoms with Crippen LogP contribution < -0.4 is 0 Å². The summed E-state index contributed by atoms with van der Waals surface area (Å²) in [7, 11) is 0. The standard InChI is InChI=1S/C11H15NO3/c13-11-7-5-10(6-8-11)4-2-1-3-9-12(14)15/h5-8,13H,1-4,9H2. The fourth-order valence-electron chi connectivity index (χ4n) is 1.41. The van der Waals surface area contributed by atoms with Gasteiger partial charge in [-0.25, -0.2) is 0 Å². The van der Waals surface area contributed by atoms with Crippen molar-refractivity contribution in [3.63, 3.8) is 0 Å². The summed E-state index contributed by atoms with van der Waals surface area (Å²) in [6.45, 7) is 0.0651. The van der Waals surface area contributed by atoms with E-state index in [1.807, 2.05) is 12.1 Å². The molecule has 1 aromatic rings. The van der Waals surface area contributed by atoms with Gasteiger partial charge >= 0.3 is 0 Å². The van der Waals surface area contributed by atoms with Crippen LogP contribution in [0.2, 0.25) is 0 Å². The minimum atomic E-state index is -0.277. The van der Waals surface area contributed by atoms with Crippen LogP contribution in [-0.4, -0.2) is 16.6 Å². The van der Waals surface area contributed by atoms with E-state index in [0.717, 1.165) is 24.8 Å². The number of unbranched alkanes of at least 4 members (excludes halogenated alkanes) is 2. The molecule has 4 nitrogen and oxygen atoms in total. The Balaban J connectivity index is 2.15. The first-order valence-corrected chi connectivity index (χ1v) is 5.08. The molecule has 1 N–H and O–H groups in total. The molecule has 0 atom stereocenters. The van der Waals surface area contributed by atoms with Crippen molar-refractivity contribution in [3.8, 4) is 5.75 Å². The molecule has 0 unspecified atom stereocenters. The molecule has 0 radical (unpaired) electrons. The highest BCUT2D eigenvalue weighted by Crippen LogP contribution is 2.12. The SMILES string of the molecule is O=[N+]([O-])CCCCCc1ccc(O)cc1. The van der Waals surface area contributed by atoms with Crippen molar-refractivity contribution in [2.75, 3.05) is 6.54 Å². The van der Waals surface area contributed by atoms with Gasteiger partial charge in [-0.05, 0) is 37.0 Å². The number of aryl methyl sites for hydroxylation is 1. The van der Waals surface area contributed by atoms with E-state index in [0.29, 0.717) is 6.42 Å². The normalized spacial score (nSPS) is 10.1. The van der Waals surface area contributed by atoms with E-state index in [-0.39, 0.29) is 17.2 Å². The monoisotopic (exact) mass is 209 g/mol. The first kappa shape index (κ1) is 11.5. The average molecular weight is 209 g/mol. The number of rotatable bonds is 6. The second-order valence-electron chi connectivity index (χ2n) is 3.53. The summed E-state index contributed by atoms with van der Waals surface area (Å²) in [6, 6.07) is 7.07.